The molecule has 9 heteroatoms. The lowest BCUT2D eigenvalue weighted by molar-refractivity contribution is -0.138. The SMILES string of the molecule is C[C@@H](NC(=O)c1ncoc1CNC(=O)OCC1c2ccccc2-c2ccccc21)C(=O)O. The first-order chi connectivity index (χ1) is 15.5. The van der Waals surface area contributed by atoms with E-state index in [9.17, 15) is 14.4 Å². The second-order valence-electron chi connectivity index (χ2n) is 7.34. The van der Waals surface area contributed by atoms with Crippen LogP contribution in [-0.4, -0.2) is 40.7 Å². The highest BCUT2D eigenvalue weighted by atomic mass is 16.5. The molecular formula is C23H21N3O6. The maximum absolute atomic E-state index is 12.3. The number of aliphatic carboxylic acids is 1. The van der Waals surface area contributed by atoms with Crippen LogP contribution in [0.15, 0.2) is 59.3 Å². The standard InChI is InChI=1S/C23H21N3O6/c1-13(22(28)29)26-21(27)20-19(32-12-25-20)10-24-23(30)31-11-18-16-8-4-2-6-14(16)15-7-3-5-9-17(15)18/h2-9,12-13,18H,10-11H2,1H3,(H,24,30)(H,26,27)(H,28,29)/t13-/m1/s1. The van der Waals surface area contributed by atoms with E-state index < -0.39 is 24.0 Å². The third-order valence-electron chi connectivity index (χ3n) is 5.31. The zero-order valence-corrected chi connectivity index (χ0v) is 17.2. The Kier molecular flexibility index (Phi) is 5.89. The maximum Gasteiger partial charge on any atom is 0.407 e. The molecule has 0 saturated carbocycles. The number of amides is 2. The molecule has 0 fully saturated rings. The molecule has 32 heavy (non-hydrogen) atoms. The van der Waals surface area contributed by atoms with Gasteiger partial charge < -0.3 is 24.9 Å². The minimum atomic E-state index is -1.18. The summed E-state index contributed by atoms with van der Waals surface area (Å²) in [4.78, 5) is 39.2. The first-order valence-corrected chi connectivity index (χ1v) is 10.0. The third kappa shape index (κ3) is 4.18. The van der Waals surface area contributed by atoms with Gasteiger partial charge in [0.15, 0.2) is 17.8 Å². The Hall–Kier alpha value is -4.14. The van der Waals surface area contributed by atoms with Gasteiger partial charge in [-0.15, -0.1) is 0 Å². The van der Waals surface area contributed by atoms with Crippen molar-refractivity contribution in [2.45, 2.75) is 25.4 Å². The molecule has 4 rings (SSSR count). The third-order valence-corrected chi connectivity index (χ3v) is 5.31. The summed E-state index contributed by atoms with van der Waals surface area (Å²) in [6, 6.07) is 14.9. The van der Waals surface area contributed by atoms with Crippen LogP contribution in [0.4, 0.5) is 4.79 Å². The molecule has 0 radical (unpaired) electrons. The molecule has 2 aromatic carbocycles. The Morgan fingerprint density at radius 2 is 1.72 bits per heavy atom. The van der Waals surface area contributed by atoms with Gasteiger partial charge in [-0.25, -0.2) is 9.78 Å². The molecule has 9 nitrogen and oxygen atoms in total. The van der Waals surface area contributed by atoms with Crippen molar-refractivity contribution in [3.8, 4) is 11.1 Å². The van der Waals surface area contributed by atoms with E-state index in [1.165, 1.54) is 6.92 Å². The van der Waals surface area contributed by atoms with E-state index in [0.29, 0.717) is 0 Å². The number of carboxylic acid groups (broad SMARTS) is 1. The average Bonchev–Trinajstić information content (AvgIpc) is 3.39. The molecule has 2 amide bonds. The maximum atomic E-state index is 12.3. The lowest BCUT2D eigenvalue weighted by Gasteiger charge is -2.14. The van der Waals surface area contributed by atoms with Crippen molar-refractivity contribution in [2.75, 3.05) is 6.61 Å². The van der Waals surface area contributed by atoms with Gasteiger partial charge in [0.1, 0.15) is 12.6 Å². The number of nitrogens with zero attached hydrogens (tertiary/aromatic N) is 1. The number of carbonyl (C=O) groups is 3. The highest BCUT2D eigenvalue weighted by Gasteiger charge is 2.29. The molecule has 1 aliphatic rings. The number of hydrogen-bond donors (Lipinski definition) is 3. The first kappa shape index (κ1) is 21.1. The van der Waals surface area contributed by atoms with Crippen LogP contribution in [-0.2, 0) is 16.1 Å². The van der Waals surface area contributed by atoms with Crippen LogP contribution < -0.4 is 10.6 Å². The average molecular weight is 435 g/mol. The lowest BCUT2D eigenvalue weighted by atomic mass is 9.98. The Bertz CT molecular complexity index is 1130. The fourth-order valence-electron chi connectivity index (χ4n) is 3.71. The van der Waals surface area contributed by atoms with Crippen LogP contribution in [0, 0.1) is 0 Å². The minimum Gasteiger partial charge on any atom is -0.480 e. The molecule has 0 unspecified atom stereocenters. The van der Waals surface area contributed by atoms with Gasteiger partial charge in [0.25, 0.3) is 5.91 Å². The van der Waals surface area contributed by atoms with E-state index in [4.69, 9.17) is 14.3 Å². The van der Waals surface area contributed by atoms with Crippen LogP contribution in [0.25, 0.3) is 11.1 Å². The number of fused-ring (bicyclic) bond motifs is 3. The van der Waals surface area contributed by atoms with Crippen molar-refractivity contribution in [3.05, 3.63) is 77.5 Å². The molecular weight excluding hydrogens is 414 g/mol. The zero-order chi connectivity index (χ0) is 22.7. The number of alkyl carbamates (subject to hydrolysis) is 1. The van der Waals surface area contributed by atoms with Crippen LogP contribution in [0.3, 0.4) is 0 Å². The molecule has 1 aliphatic carbocycles. The molecule has 1 atom stereocenters. The van der Waals surface area contributed by atoms with Gasteiger partial charge in [0, 0.05) is 5.92 Å². The highest BCUT2D eigenvalue weighted by Crippen LogP contribution is 2.44. The van der Waals surface area contributed by atoms with E-state index in [1.807, 2.05) is 36.4 Å². The number of rotatable bonds is 7. The van der Waals surface area contributed by atoms with E-state index in [-0.39, 0.29) is 30.5 Å². The number of nitrogens with one attached hydrogen (secondary N) is 2. The van der Waals surface area contributed by atoms with Crippen LogP contribution in [0.1, 0.15) is 40.2 Å². The Morgan fingerprint density at radius 1 is 1.09 bits per heavy atom. The van der Waals surface area contributed by atoms with Gasteiger partial charge in [-0.2, -0.15) is 0 Å². The van der Waals surface area contributed by atoms with Crippen molar-refractivity contribution in [1.82, 2.24) is 15.6 Å². The molecule has 164 valence electrons. The van der Waals surface area contributed by atoms with Crippen molar-refractivity contribution in [2.24, 2.45) is 0 Å². The number of ether oxygens (including phenoxy) is 1. The second-order valence-corrected chi connectivity index (χ2v) is 7.34. The molecule has 0 saturated heterocycles. The van der Waals surface area contributed by atoms with Gasteiger partial charge in [-0.1, -0.05) is 48.5 Å². The van der Waals surface area contributed by atoms with Gasteiger partial charge in [0.2, 0.25) is 0 Å². The van der Waals surface area contributed by atoms with Gasteiger partial charge in [-0.05, 0) is 29.2 Å². The monoisotopic (exact) mass is 435 g/mol. The molecule has 3 N–H and O–H groups in total. The number of aromatic nitrogens is 1. The molecule has 0 bridgehead atoms. The summed E-state index contributed by atoms with van der Waals surface area (Å²) < 4.78 is 10.6. The van der Waals surface area contributed by atoms with Gasteiger partial charge in [0.05, 0.1) is 6.54 Å². The Balaban J connectivity index is 1.36. The summed E-state index contributed by atoms with van der Waals surface area (Å²) in [5.41, 5.74) is 4.36. The molecule has 0 aliphatic heterocycles. The van der Waals surface area contributed by atoms with Crippen molar-refractivity contribution in [1.29, 1.82) is 0 Å². The van der Waals surface area contributed by atoms with E-state index in [0.717, 1.165) is 28.6 Å². The summed E-state index contributed by atoms with van der Waals surface area (Å²) in [5, 5.41) is 13.7. The predicted octanol–water partition coefficient (Wildman–Crippen LogP) is 2.92. The quantitative estimate of drug-likeness (QED) is 0.520. The second kappa shape index (κ2) is 8.93. The number of benzene rings is 2. The minimum absolute atomic E-state index is 0.0720. The Labute approximate surface area is 183 Å². The molecule has 3 aromatic rings. The molecule has 1 aromatic heterocycles. The number of hydrogen-bond acceptors (Lipinski definition) is 6. The number of carboxylic acids is 1. The lowest BCUT2D eigenvalue weighted by Crippen LogP contribution is -2.39. The summed E-state index contributed by atoms with van der Waals surface area (Å²) in [6.07, 6.45) is 0.378. The first-order valence-electron chi connectivity index (χ1n) is 10.0. The number of carbonyl (C=O) groups excluding carboxylic acids is 2. The number of oxazole rings is 1. The van der Waals surface area contributed by atoms with E-state index in [2.05, 4.69) is 27.8 Å². The topological polar surface area (TPSA) is 131 Å². The fraction of sp³-hybridized carbons (Fsp3) is 0.217. The fourth-order valence-corrected chi connectivity index (χ4v) is 3.71. The van der Waals surface area contributed by atoms with Crippen molar-refractivity contribution in [3.63, 3.8) is 0 Å². The Morgan fingerprint density at radius 3 is 2.34 bits per heavy atom. The smallest absolute Gasteiger partial charge is 0.407 e. The van der Waals surface area contributed by atoms with Crippen LogP contribution in [0.2, 0.25) is 0 Å². The summed E-state index contributed by atoms with van der Waals surface area (Å²) >= 11 is 0. The van der Waals surface area contributed by atoms with Crippen LogP contribution in [0.5, 0.6) is 0 Å². The zero-order valence-electron chi connectivity index (χ0n) is 17.2. The van der Waals surface area contributed by atoms with E-state index in [1.54, 1.807) is 0 Å². The predicted molar refractivity (Wildman–Crippen MR) is 113 cm³/mol. The summed E-state index contributed by atoms with van der Waals surface area (Å²) in [5.74, 6) is -1.87. The normalized spacial score (nSPS) is 13.0. The molecule has 0 spiro atoms. The van der Waals surface area contributed by atoms with Gasteiger partial charge in [-0.3, -0.25) is 9.59 Å². The van der Waals surface area contributed by atoms with Crippen molar-refractivity contribution < 1.29 is 28.6 Å². The largest absolute Gasteiger partial charge is 0.480 e. The highest BCUT2D eigenvalue weighted by molar-refractivity contribution is 5.95. The van der Waals surface area contributed by atoms with E-state index >= 15 is 0 Å². The molecule has 1 heterocycles. The van der Waals surface area contributed by atoms with Crippen LogP contribution >= 0.6 is 0 Å². The summed E-state index contributed by atoms with van der Waals surface area (Å²) in [6.45, 7) is 1.34. The summed E-state index contributed by atoms with van der Waals surface area (Å²) in [7, 11) is 0. The van der Waals surface area contributed by atoms with Crippen molar-refractivity contribution >= 4 is 18.0 Å². The van der Waals surface area contributed by atoms with Gasteiger partial charge >= 0.3 is 12.1 Å².